The van der Waals surface area contributed by atoms with Crippen molar-refractivity contribution >= 4 is 54.6 Å². The van der Waals surface area contributed by atoms with Crippen molar-refractivity contribution in [1.29, 1.82) is 0 Å². The third-order valence-electron chi connectivity index (χ3n) is 2.33. The Balaban J connectivity index is 2.12. The fourth-order valence-electron chi connectivity index (χ4n) is 1.45. The molecule has 0 atom stereocenters. The van der Waals surface area contributed by atoms with Crippen LogP contribution in [0.4, 0.5) is 5.69 Å². The van der Waals surface area contributed by atoms with E-state index in [4.69, 9.17) is 16.7 Å². The SMILES string of the molecule is NS(=O)(=O)c1cccc(NCc2cc(Br)c(Cl)s2)c1. The Bertz CT molecular complexity index is 681. The van der Waals surface area contributed by atoms with Crippen molar-refractivity contribution in [3.63, 3.8) is 0 Å². The van der Waals surface area contributed by atoms with Crippen LogP contribution in [0.2, 0.25) is 4.34 Å². The number of rotatable bonds is 4. The van der Waals surface area contributed by atoms with Gasteiger partial charge in [-0.3, -0.25) is 0 Å². The Kier molecular flexibility index (Phi) is 4.52. The molecule has 0 radical (unpaired) electrons. The van der Waals surface area contributed by atoms with Gasteiger partial charge in [0.05, 0.1) is 4.90 Å². The molecule has 1 heterocycles. The molecule has 0 aliphatic heterocycles. The first-order valence-electron chi connectivity index (χ1n) is 5.17. The van der Waals surface area contributed by atoms with Gasteiger partial charge in [0.2, 0.25) is 10.0 Å². The summed E-state index contributed by atoms with van der Waals surface area (Å²) in [6.07, 6.45) is 0. The van der Waals surface area contributed by atoms with Crippen molar-refractivity contribution in [2.45, 2.75) is 11.4 Å². The number of thiophene rings is 1. The zero-order valence-electron chi connectivity index (χ0n) is 9.56. The molecule has 8 heteroatoms. The first-order chi connectivity index (χ1) is 8.86. The molecule has 0 unspecified atom stereocenters. The number of nitrogens with one attached hydrogen (secondary N) is 1. The lowest BCUT2D eigenvalue weighted by molar-refractivity contribution is 0.598. The van der Waals surface area contributed by atoms with Crippen LogP contribution in [0.15, 0.2) is 39.7 Å². The predicted molar refractivity (Wildman–Crippen MR) is 82.2 cm³/mol. The number of anilines is 1. The minimum absolute atomic E-state index is 0.0860. The van der Waals surface area contributed by atoms with Crippen molar-refractivity contribution in [2.75, 3.05) is 5.32 Å². The number of primary sulfonamides is 1. The van der Waals surface area contributed by atoms with E-state index in [-0.39, 0.29) is 4.90 Å². The lowest BCUT2D eigenvalue weighted by Crippen LogP contribution is -2.12. The molecule has 0 spiro atoms. The maximum atomic E-state index is 11.2. The molecule has 0 amide bonds. The van der Waals surface area contributed by atoms with E-state index in [0.717, 1.165) is 9.35 Å². The molecule has 19 heavy (non-hydrogen) atoms. The Hall–Kier alpha value is -0.600. The quantitative estimate of drug-likeness (QED) is 0.852. The highest BCUT2D eigenvalue weighted by Gasteiger charge is 2.08. The Morgan fingerprint density at radius 1 is 1.37 bits per heavy atom. The zero-order valence-corrected chi connectivity index (χ0v) is 13.5. The third-order valence-corrected chi connectivity index (χ3v) is 5.71. The molecule has 2 aromatic rings. The molecule has 1 aromatic heterocycles. The molecule has 0 saturated carbocycles. The van der Waals surface area contributed by atoms with E-state index in [0.29, 0.717) is 16.6 Å². The van der Waals surface area contributed by atoms with Crippen LogP contribution < -0.4 is 10.5 Å². The monoisotopic (exact) mass is 380 g/mol. The Morgan fingerprint density at radius 3 is 2.68 bits per heavy atom. The first kappa shape index (κ1) is 14.8. The largest absolute Gasteiger partial charge is 0.380 e. The van der Waals surface area contributed by atoms with E-state index in [2.05, 4.69) is 21.2 Å². The lowest BCUT2D eigenvalue weighted by Gasteiger charge is -2.06. The molecule has 0 aliphatic carbocycles. The summed E-state index contributed by atoms with van der Waals surface area (Å²) < 4.78 is 24.0. The van der Waals surface area contributed by atoms with Crippen LogP contribution in [0.1, 0.15) is 4.88 Å². The standard InChI is InChI=1S/C11H10BrClN2O2S2/c12-10-5-8(18-11(10)13)6-15-7-2-1-3-9(4-7)19(14,16)17/h1-5,15H,6H2,(H2,14,16,17). The smallest absolute Gasteiger partial charge is 0.238 e. The highest BCUT2D eigenvalue weighted by molar-refractivity contribution is 9.10. The molecule has 0 aliphatic rings. The van der Waals surface area contributed by atoms with Gasteiger partial charge in [0, 0.05) is 21.6 Å². The normalized spacial score (nSPS) is 11.5. The van der Waals surface area contributed by atoms with E-state index < -0.39 is 10.0 Å². The summed E-state index contributed by atoms with van der Waals surface area (Å²) in [5.41, 5.74) is 0.687. The summed E-state index contributed by atoms with van der Waals surface area (Å²) in [6, 6.07) is 8.29. The van der Waals surface area contributed by atoms with Crippen LogP contribution >= 0.6 is 38.9 Å². The van der Waals surface area contributed by atoms with E-state index in [1.807, 2.05) is 6.07 Å². The van der Waals surface area contributed by atoms with Crippen molar-refractivity contribution < 1.29 is 8.42 Å². The summed E-state index contributed by atoms with van der Waals surface area (Å²) >= 11 is 10.7. The molecular formula is C11H10BrClN2O2S2. The minimum atomic E-state index is -3.68. The van der Waals surface area contributed by atoms with Crippen LogP contribution in [0.5, 0.6) is 0 Å². The number of sulfonamides is 1. The van der Waals surface area contributed by atoms with Gasteiger partial charge in [-0.1, -0.05) is 17.7 Å². The van der Waals surface area contributed by atoms with E-state index in [1.165, 1.54) is 23.5 Å². The van der Waals surface area contributed by atoms with Crippen molar-refractivity contribution in [3.8, 4) is 0 Å². The van der Waals surface area contributed by atoms with Gasteiger partial charge in [-0.15, -0.1) is 11.3 Å². The number of hydrogen-bond donors (Lipinski definition) is 2. The molecule has 1 aromatic carbocycles. The Morgan fingerprint density at radius 2 is 2.11 bits per heavy atom. The van der Waals surface area contributed by atoms with E-state index in [9.17, 15) is 8.42 Å². The van der Waals surface area contributed by atoms with Gasteiger partial charge in [0.25, 0.3) is 0 Å². The fourth-order valence-corrected chi connectivity index (χ4v) is 3.74. The molecule has 0 bridgehead atoms. The highest BCUT2D eigenvalue weighted by atomic mass is 79.9. The summed E-state index contributed by atoms with van der Waals surface area (Å²) in [6.45, 7) is 0.560. The average Bonchev–Trinajstić information content (AvgIpc) is 2.66. The molecule has 102 valence electrons. The second-order valence-corrected chi connectivity index (χ2v) is 7.92. The average molecular weight is 382 g/mol. The third kappa shape index (κ3) is 3.93. The molecule has 2 rings (SSSR count). The fraction of sp³-hybridized carbons (Fsp3) is 0.0909. The highest BCUT2D eigenvalue weighted by Crippen LogP contribution is 2.32. The number of benzene rings is 1. The van der Waals surface area contributed by atoms with Crippen molar-refractivity contribution in [3.05, 3.63) is 44.0 Å². The second kappa shape index (κ2) is 5.80. The predicted octanol–water partition coefficient (Wildman–Crippen LogP) is 3.42. The number of nitrogens with two attached hydrogens (primary N) is 1. The van der Waals surface area contributed by atoms with Crippen LogP contribution in [-0.2, 0) is 16.6 Å². The van der Waals surface area contributed by atoms with Gasteiger partial charge >= 0.3 is 0 Å². The Labute approximate surface area is 128 Å². The minimum Gasteiger partial charge on any atom is -0.380 e. The topological polar surface area (TPSA) is 72.2 Å². The molecule has 0 fully saturated rings. The molecule has 4 nitrogen and oxygen atoms in total. The molecule has 3 N–H and O–H groups in total. The van der Waals surface area contributed by atoms with Gasteiger partial charge in [0.1, 0.15) is 4.34 Å². The second-order valence-electron chi connectivity index (χ2n) is 3.76. The van der Waals surface area contributed by atoms with E-state index in [1.54, 1.807) is 12.1 Å². The molecular weight excluding hydrogens is 372 g/mol. The van der Waals surface area contributed by atoms with Gasteiger partial charge in [-0.2, -0.15) is 0 Å². The van der Waals surface area contributed by atoms with Crippen LogP contribution in [0, 0.1) is 0 Å². The van der Waals surface area contributed by atoms with Crippen LogP contribution in [-0.4, -0.2) is 8.42 Å². The van der Waals surface area contributed by atoms with Gasteiger partial charge in [-0.05, 0) is 40.2 Å². The summed E-state index contributed by atoms with van der Waals surface area (Å²) in [5.74, 6) is 0. The summed E-state index contributed by atoms with van der Waals surface area (Å²) in [7, 11) is -3.68. The van der Waals surface area contributed by atoms with Gasteiger partial charge in [-0.25, -0.2) is 13.6 Å². The maximum Gasteiger partial charge on any atom is 0.238 e. The first-order valence-corrected chi connectivity index (χ1v) is 8.70. The number of hydrogen-bond acceptors (Lipinski definition) is 4. The van der Waals surface area contributed by atoms with E-state index >= 15 is 0 Å². The zero-order chi connectivity index (χ0) is 14.0. The lowest BCUT2D eigenvalue weighted by atomic mass is 10.3. The van der Waals surface area contributed by atoms with Crippen molar-refractivity contribution in [1.82, 2.24) is 0 Å². The summed E-state index contributed by atoms with van der Waals surface area (Å²) in [4.78, 5) is 1.13. The molecule has 0 saturated heterocycles. The van der Waals surface area contributed by atoms with Gasteiger partial charge in [0.15, 0.2) is 0 Å². The maximum absolute atomic E-state index is 11.2. The van der Waals surface area contributed by atoms with Crippen molar-refractivity contribution in [2.24, 2.45) is 5.14 Å². The number of halogens is 2. The van der Waals surface area contributed by atoms with Crippen LogP contribution in [0.25, 0.3) is 0 Å². The summed E-state index contributed by atoms with van der Waals surface area (Å²) in [5, 5.41) is 8.20. The van der Waals surface area contributed by atoms with Gasteiger partial charge < -0.3 is 5.32 Å². The van der Waals surface area contributed by atoms with Crippen LogP contribution in [0.3, 0.4) is 0 Å².